The van der Waals surface area contributed by atoms with Gasteiger partial charge in [0.05, 0.1) is 32.0 Å². The van der Waals surface area contributed by atoms with Crippen molar-refractivity contribution in [3.63, 3.8) is 0 Å². The molecule has 2 fully saturated rings. The molecule has 6 heteroatoms. The minimum atomic E-state index is -0.621. The summed E-state index contributed by atoms with van der Waals surface area (Å²) in [5.74, 6) is 0.799. The number of halogens is 1. The maximum Gasteiger partial charge on any atom is 0.0806 e. The fourth-order valence-corrected chi connectivity index (χ4v) is 3.74. The zero-order valence-electron chi connectivity index (χ0n) is 13.6. The molecule has 0 saturated heterocycles. The van der Waals surface area contributed by atoms with Crippen molar-refractivity contribution in [2.24, 2.45) is 11.3 Å². The molecular weight excluding hydrogens is 306 g/mol. The van der Waals surface area contributed by atoms with Crippen molar-refractivity contribution >= 4 is 12.4 Å². The van der Waals surface area contributed by atoms with Crippen LogP contribution in [0.3, 0.4) is 0 Å². The van der Waals surface area contributed by atoms with E-state index in [1.807, 2.05) is 0 Å². The first-order valence-corrected chi connectivity index (χ1v) is 8.29. The third-order valence-corrected chi connectivity index (χ3v) is 4.98. The quantitative estimate of drug-likeness (QED) is 0.554. The van der Waals surface area contributed by atoms with Crippen molar-refractivity contribution in [1.82, 2.24) is 5.32 Å². The predicted octanol–water partition coefficient (Wildman–Crippen LogP) is 1.35. The first kappa shape index (κ1) is 20.1. The third-order valence-electron chi connectivity index (χ3n) is 4.98. The summed E-state index contributed by atoms with van der Waals surface area (Å²) in [6, 6.07) is 0. The number of ether oxygens (including phenoxy) is 2. The van der Waals surface area contributed by atoms with E-state index in [0.29, 0.717) is 32.7 Å². The van der Waals surface area contributed by atoms with E-state index in [-0.39, 0.29) is 17.8 Å². The van der Waals surface area contributed by atoms with E-state index < -0.39 is 12.2 Å². The van der Waals surface area contributed by atoms with Crippen molar-refractivity contribution in [2.45, 2.75) is 50.7 Å². The van der Waals surface area contributed by atoms with Gasteiger partial charge in [-0.05, 0) is 38.1 Å². The van der Waals surface area contributed by atoms with E-state index in [1.165, 1.54) is 25.7 Å². The Morgan fingerprint density at radius 2 is 1.73 bits per heavy atom. The Morgan fingerprint density at radius 1 is 1.09 bits per heavy atom. The summed E-state index contributed by atoms with van der Waals surface area (Å²) in [7, 11) is 1.66. The van der Waals surface area contributed by atoms with Crippen molar-refractivity contribution in [2.75, 3.05) is 40.0 Å². The van der Waals surface area contributed by atoms with Crippen LogP contribution in [0.1, 0.15) is 38.5 Å². The van der Waals surface area contributed by atoms with Gasteiger partial charge in [0.15, 0.2) is 0 Å². The summed E-state index contributed by atoms with van der Waals surface area (Å²) in [4.78, 5) is 0. The zero-order valence-corrected chi connectivity index (χ0v) is 14.4. The molecule has 0 heterocycles. The number of nitrogens with one attached hydrogen (secondary N) is 1. The average Bonchev–Trinajstić information content (AvgIpc) is 3.05. The Balaban J connectivity index is 0.00000242. The average molecular weight is 338 g/mol. The lowest BCUT2D eigenvalue weighted by atomic mass is 9.86. The predicted molar refractivity (Wildman–Crippen MR) is 88.5 cm³/mol. The monoisotopic (exact) mass is 337 g/mol. The molecule has 2 aliphatic carbocycles. The molecule has 5 nitrogen and oxygen atoms in total. The topological polar surface area (TPSA) is 71.0 Å². The largest absolute Gasteiger partial charge is 0.390 e. The van der Waals surface area contributed by atoms with Crippen molar-refractivity contribution in [1.29, 1.82) is 0 Å². The number of aliphatic hydroxyl groups excluding tert-OH is 2. The molecule has 0 amide bonds. The Bertz CT molecular complexity index is 290. The molecule has 132 valence electrons. The van der Waals surface area contributed by atoms with Crippen molar-refractivity contribution in [3.05, 3.63) is 0 Å². The molecule has 0 radical (unpaired) electrons. The number of hydrogen-bond acceptors (Lipinski definition) is 5. The summed E-state index contributed by atoms with van der Waals surface area (Å²) >= 11 is 0. The zero-order chi connectivity index (χ0) is 15.1. The summed E-state index contributed by atoms with van der Waals surface area (Å²) in [5.41, 5.74) is -0.148. The second kappa shape index (κ2) is 10.1. The minimum absolute atomic E-state index is 0. The molecule has 2 saturated carbocycles. The normalized spacial score (nSPS) is 32.3. The minimum Gasteiger partial charge on any atom is -0.390 e. The van der Waals surface area contributed by atoms with Crippen molar-refractivity contribution < 1.29 is 19.7 Å². The smallest absolute Gasteiger partial charge is 0.0806 e. The van der Waals surface area contributed by atoms with Crippen LogP contribution in [-0.2, 0) is 9.47 Å². The van der Waals surface area contributed by atoms with Gasteiger partial charge < -0.3 is 25.0 Å². The van der Waals surface area contributed by atoms with Gasteiger partial charge in [0.2, 0.25) is 0 Å². The summed E-state index contributed by atoms with van der Waals surface area (Å²) in [6.45, 7) is 3.57. The lowest BCUT2D eigenvalue weighted by molar-refractivity contribution is 0.0110. The molecule has 0 aliphatic heterocycles. The molecule has 0 aromatic rings. The van der Waals surface area contributed by atoms with Crippen LogP contribution in [-0.4, -0.2) is 62.4 Å². The second-order valence-corrected chi connectivity index (χ2v) is 6.87. The molecule has 3 atom stereocenters. The molecule has 0 aromatic heterocycles. The van der Waals surface area contributed by atoms with Gasteiger partial charge >= 0.3 is 0 Å². The number of methoxy groups -OCH3 is 1. The molecule has 2 aliphatic rings. The highest BCUT2D eigenvalue weighted by Crippen LogP contribution is 2.38. The highest BCUT2D eigenvalue weighted by molar-refractivity contribution is 5.85. The molecule has 2 rings (SSSR count). The molecule has 3 N–H and O–H groups in total. The van der Waals surface area contributed by atoms with Gasteiger partial charge in [0.25, 0.3) is 0 Å². The van der Waals surface area contributed by atoms with Gasteiger partial charge in [-0.3, -0.25) is 0 Å². The van der Waals surface area contributed by atoms with Crippen LogP contribution in [0.25, 0.3) is 0 Å². The van der Waals surface area contributed by atoms with Gasteiger partial charge in [-0.2, -0.15) is 0 Å². The summed E-state index contributed by atoms with van der Waals surface area (Å²) in [5, 5.41) is 23.3. The van der Waals surface area contributed by atoms with E-state index in [0.717, 1.165) is 19.0 Å². The third kappa shape index (κ3) is 5.95. The SMILES string of the molecule is COCCOCC1(CNCC2CCCC2)C[C@@H](O)[C@@H](O)C1.Cl. The lowest BCUT2D eigenvalue weighted by Gasteiger charge is -2.30. The highest BCUT2D eigenvalue weighted by atomic mass is 35.5. The highest BCUT2D eigenvalue weighted by Gasteiger charge is 2.44. The van der Waals surface area contributed by atoms with Crippen LogP contribution in [0.2, 0.25) is 0 Å². The van der Waals surface area contributed by atoms with Crippen LogP contribution >= 0.6 is 12.4 Å². The van der Waals surface area contributed by atoms with Crippen LogP contribution in [0.5, 0.6) is 0 Å². The van der Waals surface area contributed by atoms with E-state index in [9.17, 15) is 10.2 Å². The lowest BCUT2D eigenvalue weighted by Crippen LogP contribution is -2.39. The molecule has 1 unspecified atom stereocenters. The summed E-state index contributed by atoms with van der Waals surface area (Å²) < 4.78 is 10.7. The number of hydrogen-bond donors (Lipinski definition) is 3. The summed E-state index contributed by atoms with van der Waals surface area (Å²) in [6.07, 6.45) is 5.35. The molecule has 0 aromatic carbocycles. The Kier molecular flexibility index (Phi) is 9.21. The van der Waals surface area contributed by atoms with Gasteiger partial charge in [0, 0.05) is 19.1 Å². The first-order chi connectivity index (χ1) is 10.2. The van der Waals surface area contributed by atoms with Gasteiger partial charge in [-0.15, -0.1) is 12.4 Å². The second-order valence-electron chi connectivity index (χ2n) is 6.87. The van der Waals surface area contributed by atoms with Gasteiger partial charge in [-0.25, -0.2) is 0 Å². The van der Waals surface area contributed by atoms with E-state index in [2.05, 4.69) is 5.32 Å². The maximum absolute atomic E-state index is 9.89. The van der Waals surface area contributed by atoms with Crippen LogP contribution in [0.15, 0.2) is 0 Å². The molecule has 0 bridgehead atoms. The van der Waals surface area contributed by atoms with Crippen molar-refractivity contribution in [3.8, 4) is 0 Å². The van der Waals surface area contributed by atoms with Crippen LogP contribution < -0.4 is 5.32 Å². The molecular formula is C16H32ClNO4. The molecule has 22 heavy (non-hydrogen) atoms. The maximum atomic E-state index is 9.89. The van der Waals surface area contributed by atoms with E-state index in [1.54, 1.807) is 7.11 Å². The standard InChI is InChI=1S/C16H31NO4.ClH/c1-20-6-7-21-12-16(8-14(18)15(19)9-16)11-17-10-13-4-2-3-5-13;/h13-15,17-19H,2-12H2,1H3;1H/t14-,15+,16?;. The van der Waals surface area contributed by atoms with Gasteiger partial charge in [0.1, 0.15) is 0 Å². The Morgan fingerprint density at radius 3 is 2.32 bits per heavy atom. The van der Waals surface area contributed by atoms with Gasteiger partial charge in [-0.1, -0.05) is 12.8 Å². The molecule has 0 spiro atoms. The Labute approximate surface area is 140 Å². The fourth-order valence-electron chi connectivity index (χ4n) is 3.74. The van der Waals surface area contributed by atoms with E-state index in [4.69, 9.17) is 9.47 Å². The number of aliphatic hydroxyl groups is 2. The van der Waals surface area contributed by atoms with Crippen LogP contribution in [0.4, 0.5) is 0 Å². The fraction of sp³-hybridized carbons (Fsp3) is 1.00. The Hall–Kier alpha value is 0.0900. The first-order valence-electron chi connectivity index (χ1n) is 8.29. The van der Waals surface area contributed by atoms with Crippen LogP contribution in [0, 0.1) is 11.3 Å². The number of rotatable bonds is 9. The van der Waals surface area contributed by atoms with E-state index >= 15 is 0 Å².